The van der Waals surface area contributed by atoms with Crippen molar-refractivity contribution in [2.24, 2.45) is 0 Å². The molecule has 3 rings (SSSR count). The number of allylic oxidation sites excluding steroid dienone is 1. The third kappa shape index (κ3) is 4.81. The van der Waals surface area contributed by atoms with E-state index in [2.05, 4.69) is 10.3 Å². The third-order valence-corrected chi connectivity index (χ3v) is 4.01. The number of halogens is 1. The second kappa shape index (κ2) is 8.75. The van der Waals surface area contributed by atoms with Crippen molar-refractivity contribution < 1.29 is 18.8 Å². The molecule has 0 bridgehead atoms. The molecule has 2 aromatic carbocycles. The first-order valence-electron chi connectivity index (χ1n) is 8.50. The number of nitrogens with one attached hydrogen (secondary N) is 1. The number of methoxy groups -OCH3 is 1. The number of ether oxygens (including phenoxy) is 1. The molecule has 0 saturated carbocycles. The van der Waals surface area contributed by atoms with Gasteiger partial charge in [-0.05, 0) is 54.1 Å². The molecule has 1 aromatic heterocycles. The number of hydrogen-bond donors (Lipinski definition) is 1. The fourth-order valence-electron chi connectivity index (χ4n) is 2.59. The fraction of sp³-hybridized carbons (Fsp3) is 0.0476. The van der Waals surface area contributed by atoms with Crippen molar-refractivity contribution in [3.05, 3.63) is 93.9 Å². The van der Waals surface area contributed by atoms with Crippen molar-refractivity contribution in [3.8, 4) is 5.75 Å². The molecule has 0 fully saturated rings. The molecule has 8 heteroatoms. The van der Waals surface area contributed by atoms with Gasteiger partial charge in [-0.1, -0.05) is 12.1 Å². The van der Waals surface area contributed by atoms with E-state index in [1.165, 1.54) is 61.9 Å². The number of nitro groups is 1. The molecule has 0 aliphatic carbocycles. The summed E-state index contributed by atoms with van der Waals surface area (Å²) in [4.78, 5) is 27.4. The van der Waals surface area contributed by atoms with Gasteiger partial charge in [0.25, 0.3) is 0 Å². The highest BCUT2D eigenvalue weighted by Crippen LogP contribution is 2.28. The molecule has 7 nitrogen and oxygen atoms in total. The summed E-state index contributed by atoms with van der Waals surface area (Å²) in [6.07, 6.45) is 4.31. The van der Waals surface area contributed by atoms with Gasteiger partial charge in [0.1, 0.15) is 11.6 Å². The van der Waals surface area contributed by atoms with Crippen LogP contribution in [0.25, 0.3) is 6.08 Å². The zero-order chi connectivity index (χ0) is 20.8. The van der Waals surface area contributed by atoms with Gasteiger partial charge in [0.05, 0.1) is 17.6 Å². The van der Waals surface area contributed by atoms with E-state index in [9.17, 15) is 19.3 Å². The zero-order valence-electron chi connectivity index (χ0n) is 15.3. The molecule has 0 amide bonds. The van der Waals surface area contributed by atoms with Gasteiger partial charge in [0.15, 0.2) is 11.5 Å². The van der Waals surface area contributed by atoms with Crippen LogP contribution in [0.1, 0.15) is 15.9 Å². The number of aromatic nitrogens is 1. The molecule has 1 heterocycles. The van der Waals surface area contributed by atoms with Crippen molar-refractivity contribution in [2.45, 2.75) is 0 Å². The van der Waals surface area contributed by atoms with Crippen molar-refractivity contribution >= 4 is 29.1 Å². The van der Waals surface area contributed by atoms with Crippen molar-refractivity contribution in [1.82, 2.24) is 4.98 Å². The Morgan fingerprint density at radius 2 is 1.97 bits per heavy atom. The Hall–Kier alpha value is -4.07. The first-order valence-corrected chi connectivity index (χ1v) is 8.50. The lowest BCUT2D eigenvalue weighted by atomic mass is 10.1. The van der Waals surface area contributed by atoms with E-state index in [1.54, 1.807) is 18.2 Å². The summed E-state index contributed by atoms with van der Waals surface area (Å²) < 4.78 is 18.0. The number of rotatable bonds is 7. The van der Waals surface area contributed by atoms with Gasteiger partial charge in [-0.25, -0.2) is 9.37 Å². The van der Waals surface area contributed by atoms with E-state index >= 15 is 0 Å². The van der Waals surface area contributed by atoms with E-state index in [0.29, 0.717) is 22.6 Å². The van der Waals surface area contributed by atoms with E-state index in [1.807, 2.05) is 0 Å². The number of pyridine rings is 1. The molecule has 1 N–H and O–H groups in total. The molecule has 0 radical (unpaired) electrons. The van der Waals surface area contributed by atoms with Crippen LogP contribution in [0.4, 0.5) is 21.6 Å². The molecular formula is C21H16FN3O4. The van der Waals surface area contributed by atoms with Gasteiger partial charge in [0.2, 0.25) is 0 Å². The van der Waals surface area contributed by atoms with Crippen LogP contribution in [-0.4, -0.2) is 22.8 Å². The van der Waals surface area contributed by atoms with Crippen molar-refractivity contribution in [3.63, 3.8) is 0 Å². The highest BCUT2D eigenvalue weighted by Gasteiger charge is 2.15. The van der Waals surface area contributed by atoms with Gasteiger partial charge >= 0.3 is 5.69 Å². The fourth-order valence-corrected chi connectivity index (χ4v) is 2.59. The molecule has 0 spiro atoms. The Balaban J connectivity index is 1.83. The van der Waals surface area contributed by atoms with Crippen molar-refractivity contribution in [1.29, 1.82) is 0 Å². The highest BCUT2D eigenvalue weighted by atomic mass is 19.1. The Bertz CT molecular complexity index is 1080. The quantitative estimate of drug-likeness (QED) is 0.269. The zero-order valence-corrected chi connectivity index (χ0v) is 15.3. The number of benzene rings is 2. The summed E-state index contributed by atoms with van der Waals surface area (Å²) in [5.74, 6) is -0.267. The second-order valence-corrected chi connectivity index (χ2v) is 5.92. The number of nitro benzene ring substituents is 1. The minimum atomic E-state index is -0.552. The molecule has 146 valence electrons. The minimum Gasteiger partial charge on any atom is -0.490 e. The maximum absolute atomic E-state index is 13.1. The molecule has 0 aliphatic rings. The Morgan fingerprint density at radius 1 is 1.21 bits per heavy atom. The number of hydrogen-bond acceptors (Lipinski definition) is 6. The summed E-state index contributed by atoms with van der Waals surface area (Å²) >= 11 is 0. The molecule has 0 saturated heterocycles. The summed E-state index contributed by atoms with van der Waals surface area (Å²) in [6.45, 7) is 0. The topological polar surface area (TPSA) is 94.4 Å². The van der Waals surface area contributed by atoms with Gasteiger partial charge in [-0.2, -0.15) is 0 Å². The summed E-state index contributed by atoms with van der Waals surface area (Å²) in [5.41, 5.74) is 1.16. The van der Waals surface area contributed by atoms with Crippen LogP contribution in [-0.2, 0) is 0 Å². The lowest BCUT2D eigenvalue weighted by Crippen LogP contribution is -2.03. The largest absolute Gasteiger partial charge is 0.490 e. The normalized spacial score (nSPS) is 10.7. The van der Waals surface area contributed by atoms with Crippen molar-refractivity contribution in [2.75, 3.05) is 12.4 Å². The molecule has 29 heavy (non-hydrogen) atoms. The van der Waals surface area contributed by atoms with Crippen LogP contribution < -0.4 is 10.1 Å². The van der Waals surface area contributed by atoms with E-state index in [-0.39, 0.29) is 23.0 Å². The summed E-state index contributed by atoms with van der Waals surface area (Å²) in [5, 5.41) is 14.1. The molecule has 0 aliphatic heterocycles. The van der Waals surface area contributed by atoms with Crippen LogP contribution in [0.3, 0.4) is 0 Å². The minimum absolute atomic E-state index is 0.136. The third-order valence-electron chi connectivity index (χ3n) is 4.01. The Labute approximate surface area is 165 Å². The van der Waals surface area contributed by atoms with Crippen LogP contribution >= 0.6 is 0 Å². The average Bonchev–Trinajstić information content (AvgIpc) is 2.73. The SMILES string of the molecule is COc1ccc(C=CC(=O)c2cccnc2Nc2ccc(F)cc2)cc1[N+](=O)[O-]. The van der Waals surface area contributed by atoms with Gasteiger partial charge in [-0.3, -0.25) is 14.9 Å². The van der Waals surface area contributed by atoms with E-state index in [0.717, 1.165) is 0 Å². The molecule has 0 unspecified atom stereocenters. The lowest BCUT2D eigenvalue weighted by Gasteiger charge is -2.09. The highest BCUT2D eigenvalue weighted by molar-refractivity contribution is 6.10. The molecule has 3 aromatic rings. The molecular weight excluding hydrogens is 377 g/mol. The number of nitrogens with zero attached hydrogens (tertiary/aromatic N) is 2. The van der Waals surface area contributed by atoms with Crippen LogP contribution in [0, 0.1) is 15.9 Å². The Morgan fingerprint density at radius 3 is 2.66 bits per heavy atom. The van der Waals surface area contributed by atoms with Gasteiger partial charge < -0.3 is 10.1 Å². The van der Waals surface area contributed by atoms with Gasteiger partial charge in [-0.15, -0.1) is 0 Å². The number of carbonyl (C=O) groups is 1. The van der Waals surface area contributed by atoms with Crippen LogP contribution in [0.5, 0.6) is 5.75 Å². The maximum Gasteiger partial charge on any atom is 0.311 e. The molecule has 0 atom stereocenters. The van der Waals surface area contributed by atoms with Crippen LogP contribution in [0.2, 0.25) is 0 Å². The second-order valence-electron chi connectivity index (χ2n) is 5.92. The predicted molar refractivity (Wildman–Crippen MR) is 107 cm³/mol. The van der Waals surface area contributed by atoms with E-state index < -0.39 is 4.92 Å². The first-order chi connectivity index (χ1) is 14.0. The van der Waals surface area contributed by atoms with E-state index in [4.69, 9.17) is 4.74 Å². The monoisotopic (exact) mass is 393 g/mol. The average molecular weight is 393 g/mol. The standard InChI is InChI=1S/C21H16FN3O4/c1-29-20-11-5-14(13-18(20)25(27)28)4-10-19(26)17-3-2-12-23-21(17)24-16-8-6-15(22)7-9-16/h2-13H,1H3,(H,23,24). The summed E-state index contributed by atoms with van der Waals surface area (Å²) in [7, 11) is 1.35. The lowest BCUT2D eigenvalue weighted by molar-refractivity contribution is -0.385. The smallest absolute Gasteiger partial charge is 0.311 e. The number of anilines is 2. The summed E-state index contributed by atoms with van der Waals surface area (Å²) in [6, 6.07) is 13.3. The van der Waals surface area contributed by atoms with Crippen LogP contribution in [0.15, 0.2) is 66.9 Å². The first kappa shape index (κ1) is 19.7. The van der Waals surface area contributed by atoms with Gasteiger partial charge in [0, 0.05) is 18.0 Å². The Kier molecular flexibility index (Phi) is 5.94. The number of ketones is 1. The maximum atomic E-state index is 13.1. The number of carbonyl (C=O) groups excluding carboxylic acids is 1. The predicted octanol–water partition coefficient (Wildman–Crippen LogP) is 4.78.